The molecule has 1 heterocycles. The Hall–Kier alpha value is -1.84. The summed E-state index contributed by atoms with van der Waals surface area (Å²) in [6, 6.07) is 16.0. The molecule has 1 aliphatic rings. The average Bonchev–Trinajstić information content (AvgIpc) is 3.22. The van der Waals surface area contributed by atoms with E-state index in [4.69, 9.17) is 14.5 Å². The summed E-state index contributed by atoms with van der Waals surface area (Å²) in [6.45, 7) is 7.70. The summed E-state index contributed by atoms with van der Waals surface area (Å²) in [5.74, 6) is 2.38. The summed E-state index contributed by atoms with van der Waals surface area (Å²) in [4.78, 5) is 4.76. The molecule has 6 nitrogen and oxygen atoms in total. The fourth-order valence-electron chi connectivity index (χ4n) is 3.56. The summed E-state index contributed by atoms with van der Waals surface area (Å²) in [7, 11) is 0. The highest BCUT2D eigenvalue weighted by atomic mass is 127. The van der Waals surface area contributed by atoms with Crippen molar-refractivity contribution in [2.75, 3.05) is 32.9 Å². The lowest BCUT2D eigenvalue weighted by atomic mass is 9.84. The third-order valence-electron chi connectivity index (χ3n) is 5.43. The molecule has 31 heavy (non-hydrogen) atoms. The number of hydrogen-bond donors (Lipinski definition) is 3. The number of nitrogens with one attached hydrogen (secondary N) is 2. The van der Waals surface area contributed by atoms with E-state index in [-0.39, 0.29) is 36.0 Å². The molecule has 1 saturated heterocycles. The lowest BCUT2D eigenvalue weighted by Crippen LogP contribution is -2.44. The number of aliphatic hydroxyl groups excluding tert-OH is 1. The van der Waals surface area contributed by atoms with Gasteiger partial charge >= 0.3 is 0 Å². The van der Waals surface area contributed by atoms with Gasteiger partial charge < -0.3 is 25.2 Å². The first-order chi connectivity index (χ1) is 14.6. The van der Waals surface area contributed by atoms with Gasteiger partial charge in [-0.1, -0.05) is 35.9 Å². The van der Waals surface area contributed by atoms with E-state index in [0.717, 1.165) is 55.6 Å². The summed E-state index contributed by atoms with van der Waals surface area (Å²) < 4.78 is 11.7. The SMILES string of the molecule is CCNC(=NCc1ccccc1Oc1ccc(C)cc1)NCC1(CCO)CCOC1.I. The molecule has 1 aliphatic heterocycles. The molecule has 2 aromatic rings. The molecule has 1 unspecified atom stereocenters. The van der Waals surface area contributed by atoms with Crippen LogP contribution in [0.3, 0.4) is 0 Å². The zero-order chi connectivity index (χ0) is 21.2. The third kappa shape index (κ3) is 7.66. The molecular weight excluding hydrogens is 505 g/mol. The van der Waals surface area contributed by atoms with Crippen LogP contribution in [0.25, 0.3) is 0 Å². The molecule has 0 amide bonds. The lowest BCUT2D eigenvalue weighted by Gasteiger charge is -2.27. The smallest absolute Gasteiger partial charge is 0.191 e. The van der Waals surface area contributed by atoms with Crippen LogP contribution in [0.1, 0.15) is 30.9 Å². The van der Waals surface area contributed by atoms with Gasteiger partial charge in [0, 0.05) is 37.3 Å². The van der Waals surface area contributed by atoms with Gasteiger partial charge in [-0.25, -0.2) is 4.99 Å². The van der Waals surface area contributed by atoms with E-state index in [9.17, 15) is 5.11 Å². The number of benzene rings is 2. The largest absolute Gasteiger partial charge is 0.457 e. The van der Waals surface area contributed by atoms with E-state index in [1.807, 2.05) is 55.5 Å². The van der Waals surface area contributed by atoms with Crippen molar-refractivity contribution >= 4 is 29.9 Å². The monoisotopic (exact) mass is 539 g/mol. The Morgan fingerprint density at radius 2 is 1.94 bits per heavy atom. The second-order valence-corrected chi connectivity index (χ2v) is 7.85. The van der Waals surface area contributed by atoms with Crippen molar-refractivity contribution in [1.29, 1.82) is 0 Å². The minimum Gasteiger partial charge on any atom is -0.457 e. The molecule has 7 heteroatoms. The number of aliphatic hydroxyl groups is 1. The number of halogens is 1. The van der Waals surface area contributed by atoms with Crippen molar-refractivity contribution in [1.82, 2.24) is 10.6 Å². The van der Waals surface area contributed by atoms with Crippen LogP contribution in [0.15, 0.2) is 53.5 Å². The Labute approximate surface area is 202 Å². The van der Waals surface area contributed by atoms with Crippen molar-refractivity contribution in [3.63, 3.8) is 0 Å². The topological polar surface area (TPSA) is 75.1 Å². The number of para-hydroxylation sites is 1. The van der Waals surface area contributed by atoms with Gasteiger partial charge in [-0.15, -0.1) is 24.0 Å². The van der Waals surface area contributed by atoms with Gasteiger partial charge in [0.05, 0.1) is 13.2 Å². The summed E-state index contributed by atoms with van der Waals surface area (Å²) in [5, 5.41) is 16.2. The fraction of sp³-hybridized carbons (Fsp3) is 0.458. The minimum absolute atomic E-state index is 0. The molecule has 3 N–H and O–H groups in total. The number of nitrogens with zero attached hydrogens (tertiary/aromatic N) is 1. The van der Waals surface area contributed by atoms with Crippen molar-refractivity contribution in [2.45, 2.75) is 33.2 Å². The maximum atomic E-state index is 9.44. The van der Waals surface area contributed by atoms with Crippen LogP contribution in [0, 0.1) is 12.3 Å². The first-order valence-corrected chi connectivity index (χ1v) is 10.7. The van der Waals surface area contributed by atoms with Crippen LogP contribution in [-0.2, 0) is 11.3 Å². The molecular formula is C24H34IN3O3. The molecule has 0 bridgehead atoms. The zero-order valence-electron chi connectivity index (χ0n) is 18.4. The molecule has 170 valence electrons. The van der Waals surface area contributed by atoms with Gasteiger partial charge in [-0.2, -0.15) is 0 Å². The van der Waals surface area contributed by atoms with Crippen LogP contribution in [0.4, 0.5) is 0 Å². The van der Waals surface area contributed by atoms with E-state index in [2.05, 4.69) is 17.6 Å². The lowest BCUT2D eigenvalue weighted by molar-refractivity contribution is 0.127. The molecule has 0 spiro atoms. The number of hydrogen-bond acceptors (Lipinski definition) is 4. The highest BCUT2D eigenvalue weighted by Crippen LogP contribution is 2.31. The second kappa shape index (κ2) is 12.9. The Balaban J connectivity index is 0.00000341. The highest BCUT2D eigenvalue weighted by molar-refractivity contribution is 14.0. The number of ether oxygens (including phenoxy) is 2. The average molecular weight is 539 g/mol. The van der Waals surface area contributed by atoms with E-state index in [0.29, 0.717) is 13.2 Å². The number of aryl methyl sites for hydroxylation is 1. The van der Waals surface area contributed by atoms with Crippen LogP contribution < -0.4 is 15.4 Å². The predicted octanol–water partition coefficient (Wildman–Crippen LogP) is 4.25. The normalized spacial score (nSPS) is 18.4. The Bertz CT molecular complexity index is 821. The zero-order valence-corrected chi connectivity index (χ0v) is 20.7. The van der Waals surface area contributed by atoms with E-state index < -0.39 is 0 Å². The molecule has 0 aromatic heterocycles. The predicted molar refractivity (Wildman–Crippen MR) is 136 cm³/mol. The van der Waals surface area contributed by atoms with Crippen molar-refractivity contribution < 1.29 is 14.6 Å². The van der Waals surface area contributed by atoms with Crippen molar-refractivity contribution in [3.05, 3.63) is 59.7 Å². The Kier molecular flexibility index (Phi) is 10.6. The molecule has 1 atom stereocenters. The summed E-state index contributed by atoms with van der Waals surface area (Å²) >= 11 is 0. The molecule has 0 aliphatic carbocycles. The number of rotatable bonds is 9. The van der Waals surface area contributed by atoms with Gasteiger partial charge in [0.2, 0.25) is 0 Å². The van der Waals surface area contributed by atoms with Crippen LogP contribution in [-0.4, -0.2) is 44.0 Å². The molecule has 1 fully saturated rings. The van der Waals surface area contributed by atoms with Gasteiger partial charge in [-0.05, 0) is 44.9 Å². The van der Waals surface area contributed by atoms with Gasteiger partial charge in [0.1, 0.15) is 11.5 Å². The maximum Gasteiger partial charge on any atom is 0.191 e. The molecule has 3 rings (SSSR count). The number of aliphatic imine (C=N–C) groups is 1. The van der Waals surface area contributed by atoms with Crippen LogP contribution in [0.5, 0.6) is 11.5 Å². The first kappa shape index (κ1) is 25.4. The van der Waals surface area contributed by atoms with Gasteiger partial charge in [-0.3, -0.25) is 0 Å². The fourth-order valence-corrected chi connectivity index (χ4v) is 3.56. The van der Waals surface area contributed by atoms with Gasteiger partial charge in [0.15, 0.2) is 5.96 Å². The molecule has 2 aromatic carbocycles. The van der Waals surface area contributed by atoms with Crippen LogP contribution in [0.2, 0.25) is 0 Å². The summed E-state index contributed by atoms with van der Waals surface area (Å²) in [6.07, 6.45) is 1.68. The highest BCUT2D eigenvalue weighted by Gasteiger charge is 2.34. The second-order valence-electron chi connectivity index (χ2n) is 7.85. The quantitative estimate of drug-likeness (QED) is 0.253. The Morgan fingerprint density at radius 3 is 2.61 bits per heavy atom. The molecule has 0 saturated carbocycles. The van der Waals surface area contributed by atoms with Crippen molar-refractivity contribution in [3.8, 4) is 11.5 Å². The maximum absolute atomic E-state index is 9.44. The van der Waals surface area contributed by atoms with Gasteiger partial charge in [0.25, 0.3) is 0 Å². The minimum atomic E-state index is -0.0304. The van der Waals surface area contributed by atoms with E-state index in [1.165, 1.54) is 5.56 Å². The molecule has 0 radical (unpaired) electrons. The number of guanidine groups is 1. The van der Waals surface area contributed by atoms with Crippen LogP contribution >= 0.6 is 24.0 Å². The Morgan fingerprint density at radius 1 is 1.16 bits per heavy atom. The first-order valence-electron chi connectivity index (χ1n) is 10.7. The van der Waals surface area contributed by atoms with E-state index >= 15 is 0 Å². The third-order valence-corrected chi connectivity index (χ3v) is 5.43. The van der Waals surface area contributed by atoms with Crippen molar-refractivity contribution in [2.24, 2.45) is 10.4 Å². The van der Waals surface area contributed by atoms with E-state index in [1.54, 1.807) is 0 Å². The summed E-state index contributed by atoms with van der Waals surface area (Å²) in [5.41, 5.74) is 2.19. The standard InChI is InChI=1S/C24H33N3O3.HI/c1-3-25-23(27-17-24(12-14-28)13-15-29-18-24)26-16-20-6-4-5-7-22(20)30-21-10-8-19(2)9-11-21;/h4-11,28H,3,12-18H2,1-2H3,(H2,25,26,27);1H.